The third-order valence-electron chi connectivity index (χ3n) is 3.30. The van der Waals surface area contributed by atoms with Gasteiger partial charge in [-0.1, -0.05) is 24.5 Å². The van der Waals surface area contributed by atoms with Gasteiger partial charge in [0.15, 0.2) is 5.82 Å². The molecular formula is C11H18N4O2. The fourth-order valence-electron chi connectivity index (χ4n) is 2.51. The Bertz CT molecular complexity index is 346. The topological polar surface area (TPSA) is 80.8 Å². The molecule has 1 aromatic heterocycles. The zero-order valence-electron chi connectivity index (χ0n) is 10.1. The van der Waals surface area contributed by atoms with E-state index in [-0.39, 0.29) is 11.9 Å². The van der Waals surface area contributed by atoms with Crippen LogP contribution in [-0.2, 0) is 9.53 Å². The van der Waals surface area contributed by atoms with Crippen LogP contribution < -0.4 is 0 Å². The van der Waals surface area contributed by atoms with Gasteiger partial charge in [-0.3, -0.25) is 4.79 Å². The van der Waals surface area contributed by atoms with Gasteiger partial charge in [-0.15, -0.1) is 10.2 Å². The molecule has 94 valence electrons. The average Bonchev–Trinajstić information content (AvgIpc) is 2.85. The summed E-state index contributed by atoms with van der Waals surface area (Å²) in [4.78, 5) is 12.0. The third kappa shape index (κ3) is 2.81. The molecule has 1 fully saturated rings. The summed E-state index contributed by atoms with van der Waals surface area (Å²) in [5, 5.41) is 13.8. The smallest absolute Gasteiger partial charge is 0.317 e. The molecule has 1 aromatic rings. The number of nitrogens with zero attached hydrogens (tertiary/aromatic N) is 3. The predicted molar refractivity (Wildman–Crippen MR) is 60.1 cm³/mol. The lowest BCUT2D eigenvalue weighted by Gasteiger charge is -2.26. The molecule has 0 bridgehead atoms. The highest BCUT2D eigenvalue weighted by atomic mass is 16.5. The first kappa shape index (κ1) is 12.0. The first-order chi connectivity index (χ1) is 8.33. The number of rotatable bonds is 4. The van der Waals surface area contributed by atoms with E-state index in [1.807, 2.05) is 6.92 Å². The Balaban J connectivity index is 2.14. The Labute approximate surface area is 100 Å². The molecule has 6 heteroatoms. The number of hydrogen-bond donors (Lipinski definition) is 1. The van der Waals surface area contributed by atoms with Gasteiger partial charge in [0.1, 0.15) is 5.92 Å². The number of aromatic amines is 1. The largest absolute Gasteiger partial charge is 0.465 e. The van der Waals surface area contributed by atoms with Gasteiger partial charge in [0, 0.05) is 0 Å². The van der Waals surface area contributed by atoms with Gasteiger partial charge < -0.3 is 4.74 Å². The number of aromatic nitrogens is 4. The van der Waals surface area contributed by atoms with Gasteiger partial charge in [0.05, 0.1) is 6.61 Å². The van der Waals surface area contributed by atoms with Crippen molar-refractivity contribution in [3.05, 3.63) is 5.82 Å². The minimum absolute atomic E-state index is 0.221. The van der Waals surface area contributed by atoms with Gasteiger partial charge in [0.25, 0.3) is 0 Å². The number of tetrazole rings is 1. The second kappa shape index (κ2) is 5.75. The zero-order valence-corrected chi connectivity index (χ0v) is 10.1. The summed E-state index contributed by atoms with van der Waals surface area (Å²) in [7, 11) is 0. The lowest BCUT2D eigenvalue weighted by atomic mass is 9.79. The molecule has 0 saturated heterocycles. The van der Waals surface area contributed by atoms with Crippen molar-refractivity contribution in [2.24, 2.45) is 5.92 Å². The maximum absolute atomic E-state index is 12.0. The highest BCUT2D eigenvalue weighted by Crippen LogP contribution is 2.35. The quantitative estimate of drug-likeness (QED) is 0.802. The van der Waals surface area contributed by atoms with Gasteiger partial charge in [-0.05, 0) is 25.7 Å². The van der Waals surface area contributed by atoms with Crippen molar-refractivity contribution in [2.75, 3.05) is 6.61 Å². The van der Waals surface area contributed by atoms with Gasteiger partial charge >= 0.3 is 5.97 Å². The molecular weight excluding hydrogens is 220 g/mol. The molecule has 0 spiro atoms. The third-order valence-corrected chi connectivity index (χ3v) is 3.30. The first-order valence-corrected chi connectivity index (χ1v) is 6.23. The average molecular weight is 238 g/mol. The maximum Gasteiger partial charge on any atom is 0.317 e. The molecule has 0 aromatic carbocycles. The fraction of sp³-hybridized carbons (Fsp3) is 0.818. The van der Waals surface area contributed by atoms with Crippen molar-refractivity contribution in [1.82, 2.24) is 20.6 Å². The van der Waals surface area contributed by atoms with E-state index in [1.165, 1.54) is 19.3 Å². The van der Waals surface area contributed by atoms with Crippen LogP contribution >= 0.6 is 0 Å². The summed E-state index contributed by atoms with van der Waals surface area (Å²) in [6.07, 6.45) is 5.66. The summed E-state index contributed by atoms with van der Waals surface area (Å²) in [5.41, 5.74) is 0. The van der Waals surface area contributed by atoms with Gasteiger partial charge in [-0.2, -0.15) is 5.21 Å². The van der Waals surface area contributed by atoms with Crippen molar-refractivity contribution in [2.45, 2.75) is 44.9 Å². The molecule has 1 heterocycles. The van der Waals surface area contributed by atoms with Crippen molar-refractivity contribution in [1.29, 1.82) is 0 Å². The molecule has 1 atom stereocenters. The molecule has 6 nitrogen and oxygen atoms in total. The summed E-state index contributed by atoms with van der Waals surface area (Å²) < 4.78 is 5.12. The van der Waals surface area contributed by atoms with Crippen molar-refractivity contribution in [3.8, 4) is 0 Å². The lowest BCUT2D eigenvalue weighted by molar-refractivity contribution is -0.147. The summed E-state index contributed by atoms with van der Waals surface area (Å²) in [6, 6.07) is 0. The van der Waals surface area contributed by atoms with Crippen LogP contribution in [0.2, 0.25) is 0 Å². The normalized spacial score (nSPS) is 18.9. The van der Waals surface area contributed by atoms with Crippen molar-refractivity contribution >= 4 is 5.97 Å². The van der Waals surface area contributed by atoms with Crippen LogP contribution in [0.15, 0.2) is 0 Å². The monoisotopic (exact) mass is 238 g/mol. The highest BCUT2D eigenvalue weighted by molar-refractivity contribution is 5.77. The van der Waals surface area contributed by atoms with E-state index in [9.17, 15) is 4.79 Å². The highest BCUT2D eigenvalue weighted by Gasteiger charge is 2.35. The number of hydrogen-bond acceptors (Lipinski definition) is 5. The van der Waals surface area contributed by atoms with E-state index in [4.69, 9.17) is 4.74 Å². The Hall–Kier alpha value is -1.46. The Kier molecular flexibility index (Phi) is 4.06. The van der Waals surface area contributed by atoms with E-state index in [2.05, 4.69) is 20.6 Å². The summed E-state index contributed by atoms with van der Waals surface area (Å²) in [6.45, 7) is 2.20. The molecule has 17 heavy (non-hydrogen) atoms. The number of carbonyl (C=O) groups is 1. The zero-order chi connectivity index (χ0) is 12.1. The van der Waals surface area contributed by atoms with Gasteiger partial charge in [-0.25, -0.2) is 0 Å². The number of ether oxygens (including phenoxy) is 1. The second-order valence-corrected chi connectivity index (χ2v) is 4.40. The van der Waals surface area contributed by atoms with Crippen LogP contribution in [-0.4, -0.2) is 33.2 Å². The predicted octanol–water partition coefficient (Wildman–Crippen LogP) is 1.43. The number of nitrogens with one attached hydrogen (secondary N) is 1. The van der Waals surface area contributed by atoms with Crippen LogP contribution in [0.25, 0.3) is 0 Å². The van der Waals surface area contributed by atoms with E-state index in [0.29, 0.717) is 18.3 Å². The molecule has 0 amide bonds. The van der Waals surface area contributed by atoms with Crippen molar-refractivity contribution < 1.29 is 9.53 Å². The summed E-state index contributed by atoms with van der Waals surface area (Å²) >= 11 is 0. The van der Waals surface area contributed by atoms with E-state index >= 15 is 0 Å². The van der Waals surface area contributed by atoms with E-state index < -0.39 is 0 Å². The second-order valence-electron chi connectivity index (χ2n) is 4.40. The minimum Gasteiger partial charge on any atom is -0.465 e. The van der Waals surface area contributed by atoms with Crippen LogP contribution in [0.4, 0.5) is 0 Å². The first-order valence-electron chi connectivity index (χ1n) is 6.23. The number of carbonyl (C=O) groups excluding carboxylic acids is 1. The maximum atomic E-state index is 12.0. The SMILES string of the molecule is CCOC(=O)C(c1nn[nH]n1)C1CCCCC1. The minimum atomic E-state index is -0.353. The van der Waals surface area contributed by atoms with E-state index in [0.717, 1.165) is 12.8 Å². The Morgan fingerprint density at radius 3 is 2.82 bits per heavy atom. The summed E-state index contributed by atoms with van der Waals surface area (Å²) in [5.74, 6) is 0.186. The molecule has 2 rings (SSSR count). The van der Waals surface area contributed by atoms with E-state index in [1.54, 1.807) is 0 Å². The molecule has 1 N–H and O–H groups in total. The molecule has 1 unspecified atom stereocenters. The molecule has 0 radical (unpaired) electrons. The number of esters is 1. The molecule has 1 aliphatic rings. The Morgan fingerprint density at radius 1 is 1.47 bits per heavy atom. The van der Waals surface area contributed by atoms with Gasteiger partial charge in [0.2, 0.25) is 0 Å². The molecule has 1 aliphatic carbocycles. The lowest BCUT2D eigenvalue weighted by Crippen LogP contribution is -2.26. The van der Waals surface area contributed by atoms with Crippen LogP contribution in [0, 0.1) is 5.92 Å². The van der Waals surface area contributed by atoms with Crippen LogP contribution in [0.3, 0.4) is 0 Å². The van der Waals surface area contributed by atoms with Crippen LogP contribution in [0.1, 0.15) is 50.8 Å². The van der Waals surface area contributed by atoms with Crippen LogP contribution in [0.5, 0.6) is 0 Å². The Morgan fingerprint density at radius 2 is 2.24 bits per heavy atom. The number of H-pyrrole nitrogens is 1. The molecule has 0 aliphatic heterocycles. The molecule has 1 saturated carbocycles. The van der Waals surface area contributed by atoms with Crippen molar-refractivity contribution in [3.63, 3.8) is 0 Å². The fourth-order valence-corrected chi connectivity index (χ4v) is 2.51. The standard InChI is InChI=1S/C11H18N4O2/c1-2-17-11(16)9(10-12-14-15-13-10)8-6-4-3-5-7-8/h8-9H,2-7H2,1H3,(H,12,13,14,15).